The Morgan fingerprint density at radius 1 is 0.935 bits per heavy atom. The Labute approximate surface area is 280 Å². The van der Waals surface area contributed by atoms with Gasteiger partial charge in [0.05, 0.1) is 22.2 Å². The lowest BCUT2D eigenvalue weighted by molar-refractivity contribution is -0.0311. The number of para-hydroxylation sites is 1. The van der Waals surface area contributed by atoms with Crippen LogP contribution in [-0.4, -0.2) is 47.7 Å². The first-order chi connectivity index (χ1) is 22.2. The van der Waals surface area contributed by atoms with Crippen molar-refractivity contribution in [2.45, 2.75) is 51.9 Å². The average molecular weight is 659 g/mol. The van der Waals surface area contributed by atoms with Crippen LogP contribution in [0.3, 0.4) is 0 Å². The van der Waals surface area contributed by atoms with Gasteiger partial charge < -0.3 is 9.47 Å². The molecule has 0 aliphatic carbocycles. The summed E-state index contributed by atoms with van der Waals surface area (Å²) in [5, 5.41) is 0.816. The third kappa shape index (κ3) is 7.38. The molecule has 1 aromatic heterocycles. The SMILES string of the molecule is Cc1ccc([C@H](Cc2c(Cl)cncc2Cl)OC(=O)c2cccc(CN(C(=O)O[C@H]3CN4CCC3CC4)c3ccccc3)c2)cc1C. The zero-order chi connectivity index (χ0) is 32.2. The molecular formula is C37H37Cl2N3O4. The van der Waals surface area contributed by atoms with E-state index in [1.54, 1.807) is 23.1 Å². The second-order valence-corrected chi connectivity index (χ2v) is 13.0. The van der Waals surface area contributed by atoms with E-state index in [4.69, 9.17) is 32.7 Å². The van der Waals surface area contributed by atoms with E-state index in [9.17, 15) is 9.59 Å². The maximum atomic E-state index is 13.7. The van der Waals surface area contributed by atoms with Crippen LogP contribution in [0.4, 0.5) is 10.5 Å². The smallest absolute Gasteiger partial charge is 0.414 e. The Morgan fingerprint density at radius 2 is 1.67 bits per heavy atom. The number of aryl methyl sites for hydroxylation is 2. The van der Waals surface area contributed by atoms with Crippen molar-refractivity contribution in [3.05, 3.63) is 129 Å². The number of piperidine rings is 3. The van der Waals surface area contributed by atoms with Crippen LogP contribution in [0.25, 0.3) is 0 Å². The highest BCUT2D eigenvalue weighted by molar-refractivity contribution is 6.35. The molecule has 3 fully saturated rings. The van der Waals surface area contributed by atoms with Crippen LogP contribution >= 0.6 is 23.2 Å². The summed E-state index contributed by atoms with van der Waals surface area (Å²) in [7, 11) is 0. The van der Waals surface area contributed by atoms with Gasteiger partial charge in [-0.05, 0) is 97.8 Å². The molecule has 7 nitrogen and oxygen atoms in total. The molecule has 1 amide bonds. The van der Waals surface area contributed by atoms with Gasteiger partial charge in [0.25, 0.3) is 0 Å². The van der Waals surface area contributed by atoms with E-state index in [-0.39, 0.29) is 25.2 Å². The molecule has 0 radical (unpaired) electrons. The molecule has 7 rings (SSSR count). The number of rotatable bonds is 9. The number of benzene rings is 3. The van der Waals surface area contributed by atoms with Crippen LogP contribution in [0.15, 0.2) is 85.2 Å². The molecule has 0 unspecified atom stereocenters. The molecule has 0 N–H and O–H groups in total. The van der Waals surface area contributed by atoms with E-state index in [0.29, 0.717) is 27.1 Å². The largest absolute Gasteiger partial charge is 0.454 e. The minimum Gasteiger partial charge on any atom is -0.454 e. The predicted octanol–water partition coefficient (Wildman–Crippen LogP) is 8.38. The Kier molecular flexibility index (Phi) is 9.92. The third-order valence-electron chi connectivity index (χ3n) is 9.13. The second kappa shape index (κ2) is 14.2. The van der Waals surface area contributed by atoms with Crippen molar-refractivity contribution in [3.63, 3.8) is 0 Å². The summed E-state index contributed by atoms with van der Waals surface area (Å²) in [6.45, 7) is 7.20. The van der Waals surface area contributed by atoms with Crippen LogP contribution in [0, 0.1) is 19.8 Å². The summed E-state index contributed by atoms with van der Waals surface area (Å²) in [4.78, 5) is 35.4. The highest BCUT2D eigenvalue weighted by atomic mass is 35.5. The van der Waals surface area contributed by atoms with E-state index in [0.717, 1.165) is 60.4 Å². The van der Waals surface area contributed by atoms with Crippen molar-refractivity contribution in [1.82, 2.24) is 9.88 Å². The fourth-order valence-corrected chi connectivity index (χ4v) is 6.81. The molecule has 0 spiro atoms. The van der Waals surface area contributed by atoms with Gasteiger partial charge in [-0.15, -0.1) is 0 Å². The number of halogens is 2. The molecule has 4 aromatic rings. The van der Waals surface area contributed by atoms with Gasteiger partial charge in [-0.2, -0.15) is 0 Å². The third-order valence-corrected chi connectivity index (χ3v) is 9.79. The highest BCUT2D eigenvalue weighted by Crippen LogP contribution is 2.33. The second-order valence-electron chi connectivity index (χ2n) is 12.2. The van der Waals surface area contributed by atoms with E-state index in [1.807, 2.05) is 68.4 Å². The van der Waals surface area contributed by atoms with Crippen molar-refractivity contribution in [1.29, 1.82) is 0 Å². The number of ether oxygens (including phenoxy) is 2. The number of esters is 1. The van der Waals surface area contributed by atoms with Gasteiger partial charge in [0, 0.05) is 31.0 Å². The number of carbonyl (C=O) groups excluding carboxylic acids is 2. The Hall–Kier alpha value is -3.91. The van der Waals surface area contributed by atoms with Crippen molar-refractivity contribution >= 4 is 41.0 Å². The summed E-state index contributed by atoms with van der Waals surface area (Å²) in [5.74, 6) is -0.0978. The molecule has 46 heavy (non-hydrogen) atoms. The fourth-order valence-electron chi connectivity index (χ4n) is 6.29. The van der Waals surface area contributed by atoms with Gasteiger partial charge >= 0.3 is 12.1 Å². The number of amides is 1. The van der Waals surface area contributed by atoms with Crippen LogP contribution in [0.2, 0.25) is 10.0 Å². The number of pyridine rings is 1. The average Bonchev–Trinajstić information content (AvgIpc) is 3.07. The molecule has 9 heteroatoms. The molecule has 4 heterocycles. The lowest BCUT2D eigenvalue weighted by Gasteiger charge is -2.44. The van der Waals surface area contributed by atoms with Gasteiger partial charge in [-0.25, -0.2) is 9.59 Å². The normalized spacial score (nSPS) is 19.3. The van der Waals surface area contributed by atoms with E-state index in [2.05, 4.69) is 9.88 Å². The number of hydrogen-bond donors (Lipinski definition) is 0. The molecule has 3 saturated heterocycles. The zero-order valence-electron chi connectivity index (χ0n) is 26.0. The number of anilines is 1. The van der Waals surface area contributed by atoms with Crippen LogP contribution in [0.1, 0.15) is 57.1 Å². The first-order valence-electron chi connectivity index (χ1n) is 15.7. The van der Waals surface area contributed by atoms with Crippen LogP contribution < -0.4 is 4.90 Å². The molecule has 0 saturated carbocycles. The minimum absolute atomic E-state index is 0.118. The molecule has 3 aliphatic rings. The lowest BCUT2D eigenvalue weighted by atomic mass is 9.86. The van der Waals surface area contributed by atoms with E-state index >= 15 is 0 Å². The molecule has 2 bridgehead atoms. The number of hydrogen-bond acceptors (Lipinski definition) is 6. The van der Waals surface area contributed by atoms with Gasteiger partial charge in [-0.1, -0.05) is 71.7 Å². The Morgan fingerprint density at radius 3 is 2.35 bits per heavy atom. The lowest BCUT2D eigenvalue weighted by Crippen LogP contribution is -2.53. The summed E-state index contributed by atoms with van der Waals surface area (Å²) >= 11 is 12.9. The standard InChI is InChI=1S/C37H37Cl2N3O4/c1-24-11-12-28(17-25(24)2)34(19-31-32(38)20-40-21-33(31)39)45-36(43)29-8-6-7-26(18-29)22-42(30-9-4-3-5-10-30)37(44)46-35-23-41-15-13-27(35)14-16-41/h3-12,17-18,20-21,27,34-35H,13-16,19,22-23H2,1-2H3/t34-,35-/m0/s1. The first kappa shape index (κ1) is 32.0. The molecular weight excluding hydrogens is 621 g/mol. The van der Waals surface area contributed by atoms with E-state index in [1.165, 1.54) is 12.4 Å². The maximum absolute atomic E-state index is 13.7. The van der Waals surface area contributed by atoms with Gasteiger partial charge in [0.2, 0.25) is 0 Å². The number of nitrogens with zero attached hydrogens (tertiary/aromatic N) is 3. The van der Waals surface area contributed by atoms with Crippen LogP contribution in [0.5, 0.6) is 0 Å². The topological polar surface area (TPSA) is 72.0 Å². The Balaban J connectivity index is 1.23. The molecule has 2 atom stereocenters. The summed E-state index contributed by atoms with van der Waals surface area (Å²) in [6, 6.07) is 22.6. The Bertz CT molecular complexity index is 1690. The van der Waals surface area contributed by atoms with Crippen molar-refractivity contribution in [2.75, 3.05) is 24.5 Å². The quantitative estimate of drug-likeness (QED) is 0.168. The predicted molar refractivity (Wildman–Crippen MR) is 181 cm³/mol. The maximum Gasteiger partial charge on any atom is 0.414 e. The minimum atomic E-state index is -0.648. The molecule has 238 valence electrons. The highest BCUT2D eigenvalue weighted by Gasteiger charge is 2.37. The monoisotopic (exact) mass is 657 g/mol. The number of carbonyl (C=O) groups is 2. The molecule has 3 aromatic carbocycles. The van der Waals surface area contributed by atoms with Crippen molar-refractivity contribution in [3.8, 4) is 0 Å². The zero-order valence-corrected chi connectivity index (χ0v) is 27.5. The fraction of sp³-hybridized carbons (Fsp3) is 0.324. The van der Waals surface area contributed by atoms with Gasteiger partial charge in [0.1, 0.15) is 12.2 Å². The summed E-state index contributed by atoms with van der Waals surface area (Å²) in [6.07, 6.45) is 4.29. The van der Waals surface area contributed by atoms with Crippen molar-refractivity contribution in [2.24, 2.45) is 5.92 Å². The van der Waals surface area contributed by atoms with Crippen molar-refractivity contribution < 1.29 is 19.1 Å². The summed E-state index contributed by atoms with van der Waals surface area (Å²) in [5.41, 5.74) is 5.58. The summed E-state index contributed by atoms with van der Waals surface area (Å²) < 4.78 is 12.3. The van der Waals surface area contributed by atoms with Gasteiger partial charge in [-0.3, -0.25) is 14.8 Å². The van der Waals surface area contributed by atoms with Crippen LogP contribution in [-0.2, 0) is 22.4 Å². The first-order valence-corrected chi connectivity index (χ1v) is 16.4. The number of aromatic nitrogens is 1. The van der Waals surface area contributed by atoms with Gasteiger partial charge in [0.15, 0.2) is 0 Å². The molecule has 3 aliphatic heterocycles. The number of fused-ring (bicyclic) bond motifs is 3. The van der Waals surface area contributed by atoms with E-state index < -0.39 is 12.1 Å².